The molecule has 0 fully saturated rings. The van der Waals surface area contributed by atoms with Crippen LogP contribution in [0, 0.1) is 0 Å². The molecule has 3 rings (SSSR count). The average Bonchev–Trinajstić information content (AvgIpc) is 2.74. The van der Waals surface area contributed by atoms with Crippen molar-refractivity contribution in [2.75, 3.05) is 44.2 Å². The second kappa shape index (κ2) is 9.45. The van der Waals surface area contributed by atoms with Gasteiger partial charge in [0, 0.05) is 38.4 Å². The molecule has 0 aliphatic carbocycles. The van der Waals surface area contributed by atoms with E-state index in [1.54, 1.807) is 23.4 Å². The van der Waals surface area contributed by atoms with E-state index in [4.69, 9.17) is 4.74 Å². The van der Waals surface area contributed by atoms with Crippen molar-refractivity contribution in [2.24, 2.45) is 5.10 Å². The Hall–Kier alpha value is -3.02. The highest BCUT2D eigenvalue weighted by atomic mass is 16.5. The van der Waals surface area contributed by atoms with Gasteiger partial charge < -0.3 is 15.0 Å². The number of esters is 1. The largest absolute Gasteiger partial charge is 0.464 e. The van der Waals surface area contributed by atoms with Crippen molar-refractivity contribution < 1.29 is 9.53 Å². The molecule has 0 amide bonds. The topological polar surface area (TPSA) is 57.2 Å². The number of hydrazone groups is 1. The Morgan fingerprint density at radius 2 is 1.90 bits per heavy atom. The fraction of sp³-hybridized carbons (Fsp3) is 0.391. The highest BCUT2D eigenvalue weighted by Gasteiger charge is 2.25. The molecule has 0 unspecified atom stereocenters. The Morgan fingerprint density at radius 3 is 2.48 bits per heavy atom. The second-order valence-electron chi connectivity index (χ2n) is 7.30. The molecule has 2 aliphatic heterocycles. The molecule has 2 aliphatic rings. The van der Waals surface area contributed by atoms with Gasteiger partial charge in [-0.05, 0) is 61.2 Å². The van der Waals surface area contributed by atoms with Crippen LogP contribution in [-0.4, -0.2) is 46.0 Å². The van der Waals surface area contributed by atoms with Crippen LogP contribution in [0.2, 0.25) is 0 Å². The van der Waals surface area contributed by atoms with Crippen LogP contribution in [0.4, 0.5) is 11.4 Å². The van der Waals surface area contributed by atoms with E-state index in [9.17, 15) is 4.79 Å². The van der Waals surface area contributed by atoms with Crippen molar-refractivity contribution in [3.63, 3.8) is 0 Å². The lowest BCUT2D eigenvalue weighted by molar-refractivity contribution is -0.132. The van der Waals surface area contributed by atoms with Crippen LogP contribution in [0.1, 0.15) is 24.0 Å². The van der Waals surface area contributed by atoms with Crippen molar-refractivity contribution in [2.45, 2.75) is 25.7 Å². The summed E-state index contributed by atoms with van der Waals surface area (Å²) in [4.78, 5) is 14.8. The molecule has 29 heavy (non-hydrogen) atoms. The Morgan fingerprint density at radius 1 is 1.24 bits per heavy atom. The summed E-state index contributed by atoms with van der Waals surface area (Å²) in [6, 6.07) is 4.39. The smallest absolute Gasteiger partial charge is 0.359 e. The normalized spacial score (nSPS) is 16.1. The Labute approximate surface area is 173 Å². The van der Waals surface area contributed by atoms with Gasteiger partial charge in [0.2, 0.25) is 0 Å². The molecule has 0 radical (unpaired) electrons. The van der Waals surface area contributed by atoms with Crippen LogP contribution < -0.4 is 15.2 Å². The fourth-order valence-corrected chi connectivity index (χ4v) is 3.91. The number of hydrogen-bond donors (Lipinski definition) is 1. The highest BCUT2D eigenvalue weighted by molar-refractivity contribution is 6.44. The monoisotopic (exact) mass is 394 g/mol. The number of carbonyl (C=O) groups is 1. The SMILES string of the molecule is C=C(/C=C\C=C/NC)/C(=N/N(C)c1cc2c3c(c1)CCCN3CCC2)C(=O)OC. The minimum absolute atomic E-state index is 0.192. The van der Waals surface area contributed by atoms with Crippen molar-refractivity contribution >= 4 is 23.1 Å². The number of allylic oxidation sites excluding steroid dienone is 3. The molecule has 0 aromatic heterocycles. The molecule has 1 N–H and O–H groups in total. The molecular formula is C23H30N4O2. The molecule has 6 heteroatoms. The second-order valence-corrected chi connectivity index (χ2v) is 7.30. The molecule has 0 saturated heterocycles. The maximum Gasteiger partial charge on any atom is 0.359 e. The van der Waals surface area contributed by atoms with Gasteiger partial charge in [-0.1, -0.05) is 18.7 Å². The quantitative estimate of drug-likeness (QED) is 0.333. The summed E-state index contributed by atoms with van der Waals surface area (Å²) in [5, 5.41) is 9.20. The molecule has 0 bridgehead atoms. The van der Waals surface area contributed by atoms with Crippen LogP contribution in [0.5, 0.6) is 0 Å². The van der Waals surface area contributed by atoms with Crippen LogP contribution >= 0.6 is 0 Å². The third-order valence-corrected chi connectivity index (χ3v) is 5.30. The summed E-state index contributed by atoms with van der Waals surface area (Å²) in [5.41, 5.74) is 5.84. The first-order valence-corrected chi connectivity index (χ1v) is 10.1. The van der Waals surface area contributed by atoms with E-state index >= 15 is 0 Å². The van der Waals surface area contributed by atoms with Crippen LogP contribution in [-0.2, 0) is 22.4 Å². The van der Waals surface area contributed by atoms with E-state index in [1.807, 2.05) is 20.2 Å². The number of rotatable bonds is 7. The van der Waals surface area contributed by atoms with Crippen molar-refractivity contribution in [1.82, 2.24) is 5.32 Å². The summed E-state index contributed by atoms with van der Waals surface area (Å²) in [6.45, 7) is 6.28. The summed E-state index contributed by atoms with van der Waals surface area (Å²) in [6.07, 6.45) is 11.7. The van der Waals surface area contributed by atoms with Gasteiger partial charge in [0.15, 0.2) is 5.71 Å². The molecule has 154 valence electrons. The number of aryl methyl sites for hydroxylation is 2. The number of anilines is 2. The Kier molecular flexibility index (Phi) is 6.75. The molecule has 0 saturated carbocycles. The number of methoxy groups -OCH3 is 1. The van der Waals surface area contributed by atoms with Gasteiger partial charge in [-0.15, -0.1) is 0 Å². The molecule has 0 spiro atoms. The first-order valence-electron chi connectivity index (χ1n) is 10.1. The molecule has 0 atom stereocenters. The predicted molar refractivity (Wildman–Crippen MR) is 120 cm³/mol. The Balaban J connectivity index is 1.90. The van der Waals surface area contributed by atoms with Crippen LogP contribution in [0.3, 0.4) is 0 Å². The van der Waals surface area contributed by atoms with Crippen LogP contribution in [0.15, 0.2) is 53.8 Å². The minimum Gasteiger partial charge on any atom is -0.464 e. The number of nitrogens with one attached hydrogen (secondary N) is 1. The zero-order valence-corrected chi connectivity index (χ0v) is 17.6. The summed E-state index contributed by atoms with van der Waals surface area (Å²) in [5.74, 6) is -0.505. The number of nitrogens with zero attached hydrogens (tertiary/aromatic N) is 3. The lowest BCUT2D eigenvalue weighted by Crippen LogP contribution is -2.34. The van der Waals surface area contributed by atoms with E-state index in [-0.39, 0.29) is 5.71 Å². The predicted octanol–water partition coefficient (Wildman–Crippen LogP) is 3.20. The third-order valence-electron chi connectivity index (χ3n) is 5.30. The van der Waals surface area contributed by atoms with Gasteiger partial charge in [-0.2, -0.15) is 5.10 Å². The maximum absolute atomic E-state index is 12.3. The van der Waals surface area contributed by atoms with Gasteiger partial charge in [0.25, 0.3) is 0 Å². The highest BCUT2D eigenvalue weighted by Crippen LogP contribution is 2.38. The zero-order valence-electron chi connectivity index (χ0n) is 17.6. The Bertz CT molecular complexity index is 839. The zero-order chi connectivity index (χ0) is 20.8. The summed E-state index contributed by atoms with van der Waals surface area (Å²) in [7, 11) is 5.03. The first-order chi connectivity index (χ1) is 14.0. The van der Waals surface area contributed by atoms with E-state index in [1.165, 1.54) is 36.8 Å². The van der Waals surface area contributed by atoms with Gasteiger partial charge in [-0.3, -0.25) is 5.01 Å². The molecule has 1 aromatic carbocycles. The lowest BCUT2D eigenvalue weighted by atomic mass is 9.91. The molecule has 6 nitrogen and oxygen atoms in total. The standard InChI is InChI=1S/C23H30N4O2/c1-17(9-5-6-12-24-2)21(23(28)29-4)25-26(3)20-15-18-10-7-13-27-14-8-11-19(16-20)22(18)27/h5-6,9,12,15-16,24H,1,7-8,10-11,13-14H2,2-4H3/b9-5-,12-6-,25-21-. The van der Waals surface area contributed by atoms with E-state index in [0.717, 1.165) is 31.6 Å². The average molecular weight is 395 g/mol. The van der Waals surface area contributed by atoms with Crippen molar-refractivity contribution in [1.29, 1.82) is 0 Å². The molecule has 2 heterocycles. The first kappa shape index (κ1) is 20.7. The maximum atomic E-state index is 12.3. The fourth-order valence-electron chi connectivity index (χ4n) is 3.91. The van der Waals surface area contributed by atoms with Gasteiger partial charge in [0.1, 0.15) is 0 Å². The lowest BCUT2D eigenvalue weighted by Gasteiger charge is -2.37. The third kappa shape index (κ3) is 4.70. The number of carbonyl (C=O) groups excluding carboxylic acids is 1. The number of hydrogen-bond acceptors (Lipinski definition) is 6. The minimum atomic E-state index is -0.505. The summed E-state index contributed by atoms with van der Waals surface area (Å²) < 4.78 is 4.93. The van der Waals surface area contributed by atoms with E-state index < -0.39 is 5.97 Å². The van der Waals surface area contributed by atoms with E-state index in [2.05, 4.69) is 34.0 Å². The molecule has 1 aromatic rings. The van der Waals surface area contributed by atoms with E-state index in [0.29, 0.717) is 5.57 Å². The van der Waals surface area contributed by atoms with Crippen LogP contribution in [0.25, 0.3) is 0 Å². The molecular weight excluding hydrogens is 364 g/mol. The number of ether oxygens (including phenoxy) is 1. The van der Waals surface area contributed by atoms with Gasteiger partial charge >= 0.3 is 5.97 Å². The number of benzene rings is 1. The van der Waals surface area contributed by atoms with Crippen molar-refractivity contribution in [3.8, 4) is 0 Å². The van der Waals surface area contributed by atoms with Gasteiger partial charge in [-0.25, -0.2) is 4.79 Å². The van der Waals surface area contributed by atoms with Crippen molar-refractivity contribution in [3.05, 3.63) is 59.8 Å². The summed E-state index contributed by atoms with van der Waals surface area (Å²) >= 11 is 0. The van der Waals surface area contributed by atoms with Gasteiger partial charge in [0.05, 0.1) is 12.8 Å².